The van der Waals surface area contributed by atoms with Crippen LogP contribution in [-0.4, -0.2) is 30.1 Å². The Bertz CT molecular complexity index is 1010. The van der Waals surface area contributed by atoms with E-state index in [1.165, 1.54) is 16.7 Å². The molecule has 2 aromatic rings. The number of rotatable bonds is 9. The molecule has 1 aliphatic heterocycles. The van der Waals surface area contributed by atoms with Crippen LogP contribution in [0.5, 0.6) is 5.75 Å². The number of hydrogen-bond acceptors (Lipinski definition) is 5. The number of carbonyl (C=O) groups excluding carboxylic acids is 3. The Labute approximate surface area is 198 Å². The van der Waals surface area contributed by atoms with Crippen LogP contribution in [0.4, 0.5) is 11.4 Å². The third kappa shape index (κ3) is 5.47. The first-order chi connectivity index (χ1) is 16.1. The quantitative estimate of drug-likeness (QED) is 0.243. The standard InChI is InChI=1S/C26H28N2O4S/c1-2-3-16-32-20-12-8-18(9-13-20)27-24(29)17-33-21-14-10-19(11-15-21)28-25(30)22-6-4-5-7-23(22)26(28)31/h4-5,8-15,22-23H,2-3,6-7,16-17H2,1H3,(H,27,29)/t22-,23-/m0/s1. The summed E-state index contributed by atoms with van der Waals surface area (Å²) in [6.45, 7) is 2.81. The molecule has 3 amide bonds. The molecule has 2 aromatic carbocycles. The van der Waals surface area contributed by atoms with Gasteiger partial charge in [-0.05, 0) is 67.8 Å². The maximum Gasteiger partial charge on any atom is 0.238 e. The maximum atomic E-state index is 12.7. The van der Waals surface area contributed by atoms with Gasteiger partial charge in [-0.3, -0.25) is 19.3 Å². The van der Waals surface area contributed by atoms with Crippen molar-refractivity contribution in [2.75, 3.05) is 22.6 Å². The van der Waals surface area contributed by atoms with Gasteiger partial charge < -0.3 is 10.1 Å². The Kier molecular flexibility index (Phi) is 7.50. The lowest BCUT2D eigenvalue weighted by atomic mass is 9.85. The van der Waals surface area contributed by atoms with Crippen molar-refractivity contribution in [3.8, 4) is 5.75 Å². The summed E-state index contributed by atoms with van der Waals surface area (Å²) in [6, 6.07) is 14.6. The third-order valence-corrected chi connectivity index (χ3v) is 6.89. The lowest BCUT2D eigenvalue weighted by Crippen LogP contribution is -2.30. The summed E-state index contributed by atoms with van der Waals surface area (Å²) in [5.74, 6) is 0.235. The molecule has 6 nitrogen and oxygen atoms in total. The fourth-order valence-corrected chi connectivity index (χ4v) is 4.76. The molecule has 0 aromatic heterocycles. The monoisotopic (exact) mass is 464 g/mol. The lowest BCUT2D eigenvalue weighted by molar-refractivity contribution is -0.122. The molecule has 7 heteroatoms. The number of anilines is 2. The first-order valence-corrected chi connectivity index (χ1v) is 12.3. The number of hydrogen-bond donors (Lipinski definition) is 1. The Balaban J connectivity index is 1.28. The molecule has 0 spiro atoms. The highest BCUT2D eigenvalue weighted by Gasteiger charge is 2.47. The minimum absolute atomic E-state index is 0.106. The summed E-state index contributed by atoms with van der Waals surface area (Å²) in [6.07, 6.45) is 7.32. The van der Waals surface area contributed by atoms with Gasteiger partial charge in [0, 0.05) is 10.6 Å². The van der Waals surface area contributed by atoms with E-state index in [-0.39, 0.29) is 35.3 Å². The number of allylic oxidation sites excluding steroid dienone is 2. The summed E-state index contributed by atoms with van der Waals surface area (Å²) >= 11 is 1.40. The van der Waals surface area contributed by atoms with Crippen molar-refractivity contribution in [3.05, 3.63) is 60.7 Å². The molecule has 0 saturated carbocycles. The second-order valence-corrected chi connectivity index (χ2v) is 9.27. The normalized spacial score (nSPS) is 19.5. The molecule has 0 radical (unpaired) electrons. The van der Waals surface area contributed by atoms with Gasteiger partial charge in [-0.2, -0.15) is 0 Å². The topological polar surface area (TPSA) is 75.7 Å². The molecule has 1 heterocycles. The SMILES string of the molecule is CCCCOc1ccc(NC(=O)CSc2ccc(N3C(=O)[C@H]4CC=CC[C@@H]4C3=O)cc2)cc1. The van der Waals surface area contributed by atoms with Crippen molar-refractivity contribution in [1.29, 1.82) is 0 Å². The van der Waals surface area contributed by atoms with Gasteiger partial charge in [0.2, 0.25) is 17.7 Å². The second kappa shape index (κ2) is 10.7. The van der Waals surface area contributed by atoms with Crippen molar-refractivity contribution in [1.82, 2.24) is 0 Å². The number of nitrogens with zero attached hydrogens (tertiary/aromatic N) is 1. The highest BCUT2D eigenvalue weighted by Crippen LogP contribution is 2.38. The van der Waals surface area contributed by atoms with Crippen LogP contribution >= 0.6 is 11.8 Å². The van der Waals surface area contributed by atoms with E-state index in [4.69, 9.17) is 4.74 Å². The van der Waals surface area contributed by atoms with Crippen LogP contribution in [0.2, 0.25) is 0 Å². The summed E-state index contributed by atoms with van der Waals surface area (Å²) in [5.41, 5.74) is 1.32. The highest BCUT2D eigenvalue weighted by atomic mass is 32.2. The van der Waals surface area contributed by atoms with Crippen molar-refractivity contribution in [3.63, 3.8) is 0 Å². The third-order valence-electron chi connectivity index (χ3n) is 5.88. The maximum absolute atomic E-state index is 12.7. The molecule has 1 N–H and O–H groups in total. The fraction of sp³-hybridized carbons (Fsp3) is 0.346. The van der Waals surface area contributed by atoms with Crippen LogP contribution in [0.3, 0.4) is 0 Å². The van der Waals surface area contributed by atoms with Gasteiger partial charge >= 0.3 is 0 Å². The molecule has 2 aliphatic rings. The number of thioether (sulfide) groups is 1. The predicted molar refractivity (Wildman–Crippen MR) is 130 cm³/mol. The molecular weight excluding hydrogens is 436 g/mol. The van der Waals surface area contributed by atoms with E-state index in [1.54, 1.807) is 12.1 Å². The molecule has 33 heavy (non-hydrogen) atoms. The minimum atomic E-state index is -0.239. The van der Waals surface area contributed by atoms with Crippen LogP contribution in [-0.2, 0) is 14.4 Å². The van der Waals surface area contributed by atoms with Crippen LogP contribution in [0.1, 0.15) is 32.6 Å². The molecule has 172 valence electrons. The van der Waals surface area contributed by atoms with Gasteiger partial charge in [0.1, 0.15) is 5.75 Å². The van der Waals surface area contributed by atoms with Gasteiger partial charge in [-0.1, -0.05) is 25.5 Å². The van der Waals surface area contributed by atoms with E-state index >= 15 is 0 Å². The zero-order valence-corrected chi connectivity index (χ0v) is 19.5. The van der Waals surface area contributed by atoms with Crippen LogP contribution < -0.4 is 15.0 Å². The molecule has 0 unspecified atom stereocenters. The number of unbranched alkanes of at least 4 members (excludes halogenated alkanes) is 1. The van der Waals surface area contributed by atoms with Gasteiger partial charge in [0.25, 0.3) is 0 Å². The van der Waals surface area contributed by atoms with Crippen molar-refractivity contribution < 1.29 is 19.1 Å². The van der Waals surface area contributed by atoms with Crippen LogP contribution in [0, 0.1) is 11.8 Å². The predicted octanol–water partition coefficient (Wildman–Crippen LogP) is 5.05. The molecule has 2 atom stereocenters. The second-order valence-electron chi connectivity index (χ2n) is 8.22. The van der Waals surface area contributed by atoms with Crippen molar-refractivity contribution >= 4 is 40.9 Å². The first-order valence-electron chi connectivity index (χ1n) is 11.3. The molecule has 1 saturated heterocycles. The average molecular weight is 465 g/mol. The van der Waals surface area contributed by atoms with Gasteiger partial charge in [-0.25, -0.2) is 0 Å². The number of amides is 3. The van der Waals surface area contributed by atoms with E-state index in [2.05, 4.69) is 12.2 Å². The van der Waals surface area contributed by atoms with E-state index in [0.717, 1.165) is 29.2 Å². The largest absolute Gasteiger partial charge is 0.494 e. The van der Waals surface area contributed by atoms with E-state index in [9.17, 15) is 14.4 Å². The number of carbonyl (C=O) groups is 3. The number of ether oxygens (including phenoxy) is 1. The molecule has 4 rings (SSSR count). The summed E-state index contributed by atoms with van der Waals surface area (Å²) < 4.78 is 5.63. The number of fused-ring (bicyclic) bond motifs is 1. The average Bonchev–Trinajstić information content (AvgIpc) is 3.09. The Morgan fingerprint density at radius 2 is 1.64 bits per heavy atom. The van der Waals surface area contributed by atoms with Crippen LogP contribution in [0.25, 0.3) is 0 Å². The zero-order chi connectivity index (χ0) is 23.2. The summed E-state index contributed by atoms with van der Waals surface area (Å²) in [5, 5.41) is 2.88. The highest BCUT2D eigenvalue weighted by molar-refractivity contribution is 8.00. The summed E-state index contributed by atoms with van der Waals surface area (Å²) in [7, 11) is 0. The van der Waals surface area contributed by atoms with Crippen molar-refractivity contribution in [2.45, 2.75) is 37.5 Å². The van der Waals surface area contributed by atoms with E-state index in [0.29, 0.717) is 25.1 Å². The van der Waals surface area contributed by atoms with Gasteiger partial charge in [0.15, 0.2) is 0 Å². The van der Waals surface area contributed by atoms with Crippen molar-refractivity contribution in [2.24, 2.45) is 11.8 Å². The number of benzene rings is 2. The van der Waals surface area contributed by atoms with Gasteiger partial charge in [-0.15, -0.1) is 11.8 Å². The molecule has 1 fully saturated rings. The lowest BCUT2D eigenvalue weighted by Gasteiger charge is -2.15. The summed E-state index contributed by atoms with van der Waals surface area (Å²) in [4.78, 5) is 40.0. The smallest absolute Gasteiger partial charge is 0.238 e. The molecule has 1 aliphatic carbocycles. The Morgan fingerprint density at radius 1 is 1.00 bits per heavy atom. The van der Waals surface area contributed by atoms with Gasteiger partial charge in [0.05, 0.1) is 29.9 Å². The van der Waals surface area contributed by atoms with E-state index < -0.39 is 0 Å². The number of nitrogens with one attached hydrogen (secondary N) is 1. The van der Waals surface area contributed by atoms with E-state index in [1.807, 2.05) is 48.6 Å². The molecule has 0 bridgehead atoms. The zero-order valence-electron chi connectivity index (χ0n) is 18.7. The Morgan fingerprint density at radius 3 is 2.24 bits per heavy atom. The first kappa shape index (κ1) is 23.1. The minimum Gasteiger partial charge on any atom is -0.494 e. The fourth-order valence-electron chi connectivity index (χ4n) is 4.06. The Hall–Kier alpha value is -3.06. The molecular formula is C26H28N2O4S. The van der Waals surface area contributed by atoms with Crippen LogP contribution in [0.15, 0.2) is 65.6 Å². The number of imide groups is 1.